The molecule has 0 aromatic rings. The van der Waals surface area contributed by atoms with Crippen LogP contribution in [0.3, 0.4) is 0 Å². The minimum Gasteiger partial charge on any atom is -0.395 e. The van der Waals surface area contributed by atoms with Gasteiger partial charge in [-0.25, -0.2) is 0 Å². The minimum absolute atomic E-state index is 0.0481. The molecule has 0 fully saturated rings. The normalized spacial score (nSPS) is 14.2. The van der Waals surface area contributed by atoms with Crippen molar-refractivity contribution in [3.8, 4) is 0 Å². The molecular formula is C6H10OS. The summed E-state index contributed by atoms with van der Waals surface area (Å²) in [6.07, 6.45) is 5.18. The molecule has 46 valence electrons. The molecular weight excluding hydrogens is 120 g/mol. The third kappa shape index (κ3) is 3.96. The molecule has 1 N–H and O–H groups in total. The van der Waals surface area contributed by atoms with E-state index in [2.05, 4.69) is 19.2 Å². The second-order valence-electron chi connectivity index (χ2n) is 1.37. The van der Waals surface area contributed by atoms with E-state index >= 15 is 0 Å². The Bertz CT molecular complexity index is 88.5. The van der Waals surface area contributed by atoms with Crippen molar-refractivity contribution in [1.82, 2.24) is 0 Å². The number of aliphatic hydroxyl groups excluding tert-OH is 1. The van der Waals surface area contributed by atoms with Crippen LogP contribution in [0.4, 0.5) is 0 Å². The summed E-state index contributed by atoms with van der Waals surface area (Å²) in [6.45, 7) is 3.54. The first-order valence-electron chi connectivity index (χ1n) is 2.39. The van der Waals surface area contributed by atoms with Gasteiger partial charge < -0.3 is 5.11 Å². The molecule has 1 unspecified atom stereocenters. The van der Waals surface area contributed by atoms with Crippen molar-refractivity contribution in [2.45, 2.75) is 5.25 Å². The second-order valence-corrected chi connectivity index (χ2v) is 2.03. The molecule has 0 aliphatic rings. The standard InChI is InChI=1S/C6H10OS/c1-2-3-4-6(8)5-7/h2-4,6-8H,1,5H2. The Labute approximate surface area is 55.1 Å². The third-order valence-corrected chi connectivity index (χ3v) is 0.992. The van der Waals surface area contributed by atoms with Crippen LogP contribution in [-0.2, 0) is 0 Å². The van der Waals surface area contributed by atoms with Gasteiger partial charge in [0, 0.05) is 5.25 Å². The summed E-state index contributed by atoms with van der Waals surface area (Å²) < 4.78 is 0. The predicted molar refractivity (Wildman–Crippen MR) is 39.2 cm³/mol. The zero-order valence-corrected chi connectivity index (χ0v) is 5.51. The molecule has 0 saturated carbocycles. The summed E-state index contributed by atoms with van der Waals surface area (Å²) in [5, 5.41) is 8.35. The summed E-state index contributed by atoms with van der Waals surface area (Å²) in [7, 11) is 0. The highest BCUT2D eigenvalue weighted by atomic mass is 32.1. The highest BCUT2D eigenvalue weighted by Gasteiger charge is 1.89. The molecule has 8 heavy (non-hydrogen) atoms. The average Bonchev–Trinajstić information content (AvgIpc) is 1.83. The smallest absolute Gasteiger partial charge is 0.0582 e. The van der Waals surface area contributed by atoms with Crippen molar-refractivity contribution in [3.05, 3.63) is 24.8 Å². The van der Waals surface area contributed by atoms with E-state index in [-0.39, 0.29) is 11.9 Å². The van der Waals surface area contributed by atoms with Crippen LogP contribution in [0.15, 0.2) is 24.8 Å². The van der Waals surface area contributed by atoms with Gasteiger partial charge in [-0.15, -0.1) is 0 Å². The SMILES string of the molecule is C=CC=CC(S)CO. The Morgan fingerprint density at radius 2 is 2.38 bits per heavy atom. The Kier molecular flexibility index (Phi) is 4.81. The molecule has 0 radical (unpaired) electrons. The van der Waals surface area contributed by atoms with Crippen LogP contribution >= 0.6 is 12.6 Å². The van der Waals surface area contributed by atoms with Gasteiger partial charge in [-0.2, -0.15) is 12.6 Å². The van der Waals surface area contributed by atoms with E-state index < -0.39 is 0 Å². The van der Waals surface area contributed by atoms with E-state index in [9.17, 15) is 0 Å². The lowest BCUT2D eigenvalue weighted by Crippen LogP contribution is -1.98. The fourth-order valence-corrected chi connectivity index (χ4v) is 0.367. The average molecular weight is 130 g/mol. The van der Waals surface area contributed by atoms with Crippen molar-refractivity contribution in [1.29, 1.82) is 0 Å². The zero-order chi connectivity index (χ0) is 6.41. The number of hydrogen-bond acceptors (Lipinski definition) is 2. The van der Waals surface area contributed by atoms with Gasteiger partial charge in [0.2, 0.25) is 0 Å². The number of aliphatic hydroxyl groups is 1. The lowest BCUT2D eigenvalue weighted by Gasteiger charge is -1.94. The molecule has 0 spiro atoms. The molecule has 0 aromatic carbocycles. The fourth-order valence-electron chi connectivity index (χ4n) is 0.268. The Balaban J connectivity index is 3.35. The van der Waals surface area contributed by atoms with E-state index in [4.69, 9.17) is 5.11 Å². The van der Waals surface area contributed by atoms with E-state index in [1.807, 2.05) is 0 Å². The van der Waals surface area contributed by atoms with Crippen LogP contribution in [0.25, 0.3) is 0 Å². The Hall–Kier alpha value is -0.210. The van der Waals surface area contributed by atoms with Gasteiger partial charge in [-0.3, -0.25) is 0 Å². The molecule has 0 bridgehead atoms. The molecule has 1 nitrogen and oxygen atoms in total. The van der Waals surface area contributed by atoms with Crippen molar-refractivity contribution < 1.29 is 5.11 Å². The van der Waals surface area contributed by atoms with Gasteiger partial charge in [0.25, 0.3) is 0 Å². The fraction of sp³-hybridized carbons (Fsp3) is 0.333. The van der Waals surface area contributed by atoms with Crippen LogP contribution < -0.4 is 0 Å². The first-order valence-corrected chi connectivity index (χ1v) is 2.91. The molecule has 0 aliphatic carbocycles. The summed E-state index contributed by atoms with van der Waals surface area (Å²) in [4.78, 5) is 0. The third-order valence-electron chi connectivity index (χ3n) is 0.656. The molecule has 2 heteroatoms. The minimum atomic E-state index is -0.0481. The maximum absolute atomic E-state index is 8.40. The monoisotopic (exact) mass is 130 g/mol. The van der Waals surface area contributed by atoms with E-state index in [1.165, 1.54) is 0 Å². The quantitative estimate of drug-likeness (QED) is 0.431. The molecule has 0 aliphatic heterocycles. The van der Waals surface area contributed by atoms with Crippen LogP contribution in [0, 0.1) is 0 Å². The van der Waals surface area contributed by atoms with Crippen LogP contribution in [0.1, 0.15) is 0 Å². The van der Waals surface area contributed by atoms with Crippen molar-refractivity contribution in [2.24, 2.45) is 0 Å². The molecule has 1 atom stereocenters. The van der Waals surface area contributed by atoms with Crippen molar-refractivity contribution in [3.63, 3.8) is 0 Å². The van der Waals surface area contributed by atoms with Gasteiger partial charge in [0.15, 0.2) is 0 Å². The lowest BCUT2D eigenvalue weighted by molar-refractivity contribution is 0.307. The maximum atomic E-state index is 8.40. The van der Waals surface area contributed by atoms with Gasteiger partial charge in [0.05, 0.1) is 6.61 Å². The maximum Gasteiger partial charge on any atom is 0.0582 e. The molecule has 0 rings (SSSR count). The zero-order valence-electron chi connectivity index (χ0n) is 4.62. The lowest BCUT2D eigenvalue weighted by atomic mass is 10.4. The summed E-state index contributed by atoms with van der Waals surface area (Å²) in [5.74, 6) is 0. The number of thiol groups is 1. The highest BCUT2D eigenvalue weighted by molar-refractivity contribution is 7.81. The van der Waals surface area contributed by atoms with Crippen LogP contribution in [0.2, 0.25) is 0 Å². The Morgan fingerprint density at radius 3 is 2.75 bits per heavy atom. The summed E-state index contributed by atoms with van der Waals surface area (Å²) >= 11 is 3.98. The largest absolute Gasteiger partial charge is 0.395 e. The van der Waals surface area contributed by atoms with Gasteiger partial charge in [-0.05, 0) is 0 Å². The van der Waals surface area contributed by atoms with E-state index in [0.29, 0.717) is 0 Å². The van der Waals surface area contributed by atoms with E-state index in [0.717, 1.165) is 0 Å². The topological polar surface area (TPSA) is 20.2 Å². The van der Waals surface area contributed by atoms with Gasteiger partial charge >= 0.3 is 0 Å². The summed E-state index contributed by atoms with van der Waals surface area (Å²) in [6, 6.07) is 0. The van der Waals surface area contributed by atoms with E-state index in [1.54, 1.807) is 18.2 Å². The Morgan fingerprint density at radius 1 is 1.75 bits per heavy atom. The number of hydrogen-bond donors (Lipinski definition) is 2. The predicted octanol–water partition coefficient (Wildman–Crippen LogP) is 1.02. The van der Waals surface area contributed by atoms with Crippen molar-refractivity contribution >= 4 is 12.6 Å². The highest BCUT2D eigenvalue weighted by Crippen LogP contribution is 1.93. The number of allylic oxidation sites excluding steroid dienone is 2. The summed E-state index contributed by atoms with van der Waals surface area (Å²) in [5.41, 5.74) is 0. The first-order chi connectivity index (χ1) is 3.81. The molecule has 0 saturated heterocycles. The van der Waals surface area contributed by atoms with Gasteiger partial charge in [-0.1, -0.05) is 24.8 Å². The molecule has 0 aromatic heterocycles. The van der Waals surface area contributed by atoms with Gasteiger partial charge in [0.1, 0.15) is 0 Å². The number of rotatable bonds is 3. The molecule has 0 heterocycles. The van der Waals surface area contributed by atoms with Crippen LogP contribution in [0.5, 0.6) is 0 Å². The van der Waals surface area contributed by atoms with Crippen LogP contribution in [-0.4, -0.2) is 17.0 Å². The molecule has 0 amide bonds. The second kappa shape index (κ2) is 4.94. The first kappa shape index (κ1) is 7.79. The van der Waals surface area contributed by atoms with Crippen molar-refractivity contribution in [2.75, 3.05) is 6.61 Å².